The van der Waals surface area contributed by atoms with Gasteiger partial charge in [-0.15, -0.1) is 0 Å². The highest BCUT2D eigenvalue weighted by Crippen LogP contribution is 2.36. The quantitative estimate of drug-likeness (QED) is 0.342. The van der Waals surface area contributed by atoms with E-state index in [1.54, 1.807) is 0 Å². The number of benzene rings is 2. The molecule has 2 aromatic carbocycles. The van der Waals surface area contributed by atoms with Crippen LogP contribution >= 0.6 is 23.2 Å². The van der Waals surface area contributed by atoms with Crippen LogP contribution in [0.15, 0.2) is 48.5 Å². The van der Waals surface area contributed by atoms with E-state index in [0.717, 1.165) is 47.1 Å². The molecular weight excluding hydrogens is 427 g/mol. The molecule has 3 heterocycles. The fraction of sp³-hybridized carbons (Fsp3) is 0.280. The summed E-state index contributed by atoms with van der Waals surface area (Å²) < 4.78 is 2.16. The molecule has 4 nitrogen and oxygen atoms in total. The van der Waals surface area contributed by atoms with E-state index in [9.17, 15) is 0 Å². The van der Waals surface area contributed by atoms with Crippen molar-refractivity contribution < 1.29 is 0 Å². The SMILES string of the molecule is Cc1[c]c(N2CCCCCC2)n2c(-c3ccc(Cl)cc3)c(-c3ccc(Cl)cc3)nc2n1. The molecule has 0 unspecified atom stereocenters. The Kier molecular flexibility index (Phi) is 5.59. The van der Waals surface area contributed by atoms with Gasteiger partial charge in [0, 0.05) is 40.3 Å². The molecule has 31 heavy (non-hydrogen) atoms. The van der Waals surface area contributed by atoms with Gasteiger partial charge in [0.25, 0.3) is 0 Å². The molecule has 0 saturated carbocycles. The van der Waals surface area contributed by atoms with Gasteiger partial charge in [-0.05, 0) is 44.0 Å². The monoisotopic (exact) mass is 449 g/mol. The maximum Gasteiger partial charge on any atom is 0.236 e. The molecular formula is C25H23Cl2N4. The van der Waals surface area contributed by atoms with Gasteiger partial charge >= 0.3 is 0 Å². The molecule has 0 bridgehead atoms. The first kappa shape index (κ1) is 20.3. The number of aromatic nitrogens is 3. The van der Waals surface area contributed by atoms with Crippen molar-refractivity contribution in [3.8, 4) is 22.5 Å². The van der Waals surface area contributed by atoms with E-state index >= 15 is 0 Å². The van der Waals surface area contributed by atoms with Crippen LogP contribution < -0.4 is 4.90 Å². The van der Waals surface area contributed by atoms with Crippen LogP contribution in [-0.4, -0.2) is 27.5 Å². The summed E-state index contributed by atoms with van der Waals surface area (Å²) in [4.78, 5) is 12.2. The van der Waals surface area contributed by atoms with Gasteiger partial charge in [0.1, 0.15) is 5.82 Å². The van der Waals surface area contributed by atoms with Crippen LogP contribution in [-0.2, 0) is 0 Å². The molecule has 5 rings (SSSR count). The van der Waals surface area contributed by atoms with Gasteiger partial charge in [0.2, 0.25) is 5.78 Å². The van der Waals surface area contributed by atoms with Crippen LogP contribution in [0.2, 0.25) is 10.0 Å². The van der Waals surface area contributed by atoms with Crippen LogP contribution in [0.1, 0.15) is 31.4 Å². The predicted octanol–water partition coefficient (Wildman–Crippen LogP) is 6.86. The van der Waals surface area contributed by atoms with Crippen molar-refractivity contribution in [1.29, 1.82) is 0 Å². The zero-order chi connectivity index (χ0) is 21.4. The fourth-order valence-electron chi connectivity index (χ4n) is 4.27. The predicted molar refractivity (Wildman–Crippen MR) is 128 cm³/mol. The molecule has 157 valence electrons. The van der Waals surface area contributed by atoms with Gasteiger partial charge in [-0.1, -0.05) is 60.3 Å². The molecule has 0 aliphatic carbocycles. The highest BCUT2D eigenvalue weighted by Gasteiger charge is 2.23. The minimum atomic E-state index is 0.686. The third-order valence-electron chi connectivity index (χ3n) is 5.77. The Labute approximate surface area is 192 Å². The molecule has 0 amide bonds. The van der Waals surface area contributed by atoms with Crippen LogP contribution in [0.3, 0.4) is 0 Å². The third-order valence-corrected chi connectivity index (χ3v) is 6.28. The number of rotatable bonds is 3. The summed E-state index contributed by atoms with van der Waals surface area (Å²) in [6.45, 7) is 4.02. The largest absolute Gasteiger partial charge is 0.357 e. The summed E-state index contributed by atoms with van der Waals surface area (Å²) in [5.74, 6) is 1.72. The van der Waals surface area contributed by atoms with E-state index in [2.05, 4.69) is 15.4 Å². The molecule has 1 fully saturated rings. The second-order valence-corrected chi connectivity index (χ2v) is 8.88. The highest BCUT2D eigenvalue weighted by molar-refractivity contribution is 6.31. The van der Waals surface area contributed by atoms with Gasteiger partial charge in [-0.2, -0.15) is 0 Å². The van der Waals surface area contributed by atoms with Crippen molar-refractivity contribution in [2.24, 2.45) is 0 Å². The summed E-state index contributed by atoms with van der Waals surface area (Å²) in [6, 6.07) is 19.2. The maximum absolute atomic E-state index is 6.19. The van der Waals surface area contributed by atoms with Gasteiger partial charge in [0.05, 0.1) is 17.1 Å². The molecule has 1 radical (unpaired) electrons. The number of aryl methyl sites for hydroxylation is 1. The number of nitrogens with zero attached hydrogens (tertiary/aromatic N) is 4. The number of anilines is 1. The lowest BCUT2D eigenvalue weighted by atomic mass is 10.0. The van der Waals surface area contributed by atoms with Crippen molar-refractivity contribution >= 4 is 34.8 Å². The molecule has 0 atom stereocenters. The Morgan fingerprint density at radius 1 is 0.774 bits per heavy atom. The first-order chi connectivity index (χ1) is 15.1. The molecule has 4 aromatic rings. The third kappa shape index (κ3) is 4.02. The molecule has 1 saturated heterocycles. The Bertz CT molecular complexity index is 1210. The van der Waals surface area contributed by atoms with Crippen molar-refractivity contribution in [3.63, 3.8) is 0 Å². The minimum absolute atomic E-state index is 0.686. The standard InChI is InChI=1S/C25H23Cl2N4/c1-17-16-22(30-14-4-2-3-5-15-30)31-24(19-8-12-21(27)13-9-19)23(29-25(31)28-17)18-6-10-20(26)11-7-18/h6-13H,2-5,14-15H2,1H3. The normalized spacial score (nSPS) is 14.7. The van der Waals surface area contributed by atoms with E-state index in [-0.39, 0.29) is 0 Å². The van der Waals surface area contributed by atoms with Crippen LogP contribution in [0, 0.1) is 13.0 Å². The number of hydrogen-bond acceptors (Lipinski definition) is 3. The van der Waals surface area contributed by atoms with E-state index in [1.807, 2.05) is 55.5 Å². The Morgan fingerprint density at radius 2 is 1.35 bits per heavy atom. The van der Waals surface area contributed by atoms with Crippen molar-refractivity contribution in [2.45, 2.75) is 32.6 Å². The molecule has 2 aromatic heterocycles. The van der Waals surface area contributed by atoms with E-state index < -0.39 is 0 Å². The summed E-state index contributed by atoms with van der Waals surface area (Å²) in [5, 5.41) is 1.41. The van der Waals surface area contributed by atoms with Gasteiger partial charge in [-0.25, -0.2) is 9.97 Å². The topological polar surface area (TPSA) is 33.4 Å². The van der Waals surface area contributed by atoms with E-state index in [4.69, 9.17) is 33.2 Å². The molecule has 0 N–H and O–H groups in total. The second-order valence-electron chi connectivity index (χ2n) is 8.01. The average Bonchev–Trinajstić information content (AvgIpc) is 2.94. The van der Waals surface area contributed by atoms with Gasteiger partial charge < -0.3 is 4.90 Å². The number of halogens is 2. The van der Waals surface area contributed by atoms with Crippen LogP contribution in [0.25, 0.3) is 28.3 Å². The van der Waals surface area contributed by atoms with Crippen molar-refractivity contribution in [3.05, 3.63) is 70.3 Å². The van der Waals surface area contributed by atoms with Gasteiger partial charge in [0.15, 0.2) is 0 Å². The molecule has 0 spiro atoms. The summed E-state index contributed by atoms with van der Waals surface area (Å²) in [5.41, 5.74) is 4.76. The average molecular weight is 450 g/mol. The van der Waals surface area contributed by atoms with E-state index in [0.29, 0.717) is 15.8 Å². The van der Waals surface area contributed by atoms with E-state index in [1.165, 1.54) is 25.7 Å². The number of hydrogen-bond donors (Lipinski definition) is 0. The first-order valence-corrected chi connectivity index (χ1v) is 11.4. The summed E-state index contributed by atoms with van der Waals surface area (Å²) >= 11 is 12.3. The number of fused-ring (bicyclic) bond motifs is 1. The number of imidazole rings is 1. The van der Waals surface area contributed by atoms with Gasteiger partial charge in [-0.3, -0.25) is 4.40 Å². The Morgan fingerprint density at radius 3 is 1.97 bits per heavy atom. The smallest absolute Gasteiger partial charge is 0.236 e. The second kappa shape index (κ2) is 8.52. The zero-order valence-corrected chi connectivity index (χ0v) is 18.9. The summed E-state index contributed by atoms with van der Waals surface area (Å²) in [6.07, 6.45) is 4.92. The lowest BCUT2D eigenvalue weighted by Gasteiger charge is -2.24. The van der Waals surface area contributed by atoms with Crippen molar-refractivity contribution in [1.82, 2.24) is 14.4 Å². The zero-order valence-electron chi connectivity index (χ0n) is 17.4. The lowest BCUT2D eigenvalue weighted by Crippen LogP contribution is -2.26. The Hall–Kier alpha value is -2.56. The highest BCUT2D eigenvalue weighted by atomic mass is 35.5. The molecule has 6 heteroatoms. The molecule has 1 aliphatic rings. The fourth-order valence-corrected chi connectivity index (χ4v) is 4.52. The summed E-state index contributed by atoms with van der Waals surface area (Å²) in [7, 11) is 0. The van der Waals surface area contributed by atoms with Crippen molar-refractivity contribution in [2.75, 3.05) is 18.0 Å². The van der Waals surface area contributed by atoms with Crippen LogP contribution in [0.5, 0.6) is 0 Å². The minimum Gasteiger partial charge on any atom is -0.357 e. The first-order valence-electron chi connectivity index (χ1n) is 10.7. The Balaban J connectivity index is 1.80. The van der Waals surface area contributed by atoms with Crippen LogP contribution in [0.4, 0.5) is 5.82 Å². The lowest BCUT2D eigenvalue weighted by molar-refractivity contribution is 0.726. The maximum atomic E-state index is 6.19. The molecule has 1 aliphatic heterocycles.